The summed E-state index contributed by atoms with van der Waals surface area (Å²) >= 11 is 3.30. The van der Waals surface area contributed by atoms with Crippen LogP contribution in [0.15, 0.2) is 51.9 Å². The number of rotatable bonds is 7. The Balaban J connectivity index is 2.12. The van der Waals surface area contributed by atoms with E-state index in [4.69, 9.17) is 10.5 Å². The number of anilines is 1. The maximum absolute atomic E-state index is 12.5. The number of alkyl halides is 2. The zero-order chi connectivity index (χ0) is 18.2. The van der Waals surface area contributed by atoms with Crippen LogP contribution in [-0.4, -0.2) is 19.7 Å². The number of nitrogens with zero attached hydrogens (tertiary/aromatic N) is 1. The molecule has 2 rings (SSSR count). The van der Waals surface area contributed by atoms with E-state index in [1.807, 2.05) is 24.3 Å². The monoisotopic (exact) mass is 413 g/mol. The number of ether oxygens (including phenoxy) is 2. The molecule has 2 aromatic rings. The van der Waals surface area contributed by atoms with Gasteiger partial charge in [-0.1, -0.05) is 34.1 Å². The van der Waals surface area contributed by atoms with E-state index >= 15 is 0 Å². The van der Waals surface area contributed by atoms with Crippen molar-refractivity contribution >= 4 is 27.6 Å². The second kappa shape index (κ2) is 9.33. The first kappa shape index (κ1) is 19.1. The van der Waals surface area contributed by atoms with Crippen LogP contribution >= 0.6 is 15.9 Å². The normalized spacial score (nSPS) is 11.6. The Morgan fingerprint density at radius 3 is 2.72 bits per heavy atom. The molecule has 0 fully saturated rings. The number of benzene rings is 2. The number of hydrogen-bond acceptors (Lipinski definition) is 3. The van der Waals surface area contributed by atoms with Gasteiger partial charge in [-0.3, -0.25) is 0 Å². The maximum Gasteiger partial charge on any atom is 0.387 e. The fourth-order valence-corrected chi connectivity index (χ4v) is 2.56. The lowest BCUT2D eigenvalue weighted by atomic mass is 10.2. The SMILES string of the molecule is COCc1ccccc1NC(N)=NCc1cc(Br)ccc1OC(F)F. The minimum atomic E-state index is -2.90. The van der Waals surface area contributed by atoms with E-state index in [1.54, 1.807) is 19.2 Å². The van der Waals surface area contributed by atoms with Crippen LogP contribution < -0.4 is 15.8 Å². The number of nitrogens with one attached hydrogen (secondary N) is 1. The van der Waals surface area contributed by atoms with E-state index in [0.717, 1.165) is 15.7 Å². The third kappa shape index (κ3) is 5.99. The highest BCUT2D eigenvalue weighted by Gasteiger charge is 2.10. The molecule has 0 spiro atoms. The van der Waals surface area contributed by atoms with Crippen molar-refractivity contribution in [2.24, 2.45) is 10.7 Å². The third-order valence-electron chi connectivity index (χ3n) is 3.24. The molecule has 0 unspecified atom stereocenters. The lowest BCUT2D eigenvalue weighted by Gasteiger charge is -2.12. The Hall–Kier alpha value is -2.19. The summed E-state index contributed by atoms with van der Waals surface area (Å²) < 4.78 is 35.3. The highest BCUT2D eigenvalue weighted by molar-refractivity contribution is 9.10. The molecule has 0 aliphatic heterocycles. The van der Waals surface area contributed by atoms with E-state index in [9.17, 15) is 8.78 Å². The van der Waals surface area contributed by atoms with Crippen molar-refractivity contribution < 1.29 is 18.3 Å². The summed E-state index contributed by atoms with van der Waals surface area (Å²) in [4.78, 5) is 4.20. The van der Waals surface area contributed by atoms with Crippen LogP contribution in [0, 0.1) is 0 Å². The zero-order valence-corrected chi connectivity index (χ0v) is 15.1. The smallest absolute Gasteiger partial charge is 0.387 e. The number of halogens is 3. The molecule has 0 saturated heterocycles. The fourth-order valence-electron chi connectivity index (χ4n) is 2.15. The fraction of sp³-hybridized carbons (Fsp3) is 0.235. The minimum absolute atomic E-state index is 0.0644. The molecule has 0 aromatic heterocycles. The molecule has 0 aliphatic carbocycles. The highest BCUT2D eigenvalue weighted by atomic mass is 79.9. The molecule has 0 atom stereocenters. The van der Waals surface area contributed by atoms with Crippen LogP contribution in [0.2, 0.25) is 0 Å². The summed E-state index contributed by atoms with van der Waals surface area (Å²) in [6.45, 7) is -2.39. The molecule has 0 radical (unpaired) electrons. The second-order valence-corrected chi connectivity index (χ2v) is 5.96. The summed E-state index contributed by atoms with van der Waals surface area (Å²) in [5.41, 5.74) is 8.09. The summed E-state index contributed by atoms with van der Waals surface area (Å²) in [5, 5.41) is 2.99. The van der Waals surface area contributed by atoms with Crippen molar-refractivity contribution in [3.05, 3.63) is 58.1 Å². The average Bonchev–Trinajstić information content (AvgIpc) is 2.57. The van der Waals surface area contributed by atoms with Gasteiger partial charge in [0.05, 0.1) is 13.2 Å². The van der Waals surface area contributed by atoms with E-state index in [0.29, 0.717) is 12.2 Å². The summed E-state index contributed by atoms with van der Waals surface area (Å²) in [6, 6.07) is 12.2. The van der Waals surface area contributed by atoms with Gasteiger partial charge in [0.25, 0.3) is 0 Å². The largest absolute Gasteiger partial charge is 0.434 e. The van der Waals surface area contributed by atoms with Gasteiger partial charge in [0, 0.05) is 28.4 Å². The van der Waals surface area contributed by atoms with E-state index in [2.05, 4.69) is 31.0 Å². The molecule has 2 aromatic carbocycles. The molecule has 25 heavy (non-hydrogen) atoms. The van der Waals surface area contributed by atoms with Gasteiger partial charge in [0.2, 0.25) is 0 Å². The average molecular weight is 414 g/mol. The van der Waals surface area contributed by atoms with Crippen molar-refractivity contribution in [1.29, 1.82) is 0 Å². The van der Waals surface area contributed by atoms with Crippen LogP contribution in [-0.2, 0) is 17.9 Å². The molecule has 0 aliphatic rings. The van der Waals surface area contributed by atoms with Crippen molar-refractivity contribution in [2.75, 3.05) is 12.4 Å². The molecule has 0 bridgehead atoms. The van der Waals surface area contributed by atoms with Gasteiger partial charge in [-0.25, -0.2) is 4.99 Å². The Morgan fingerprint density at radius 2 is 2.00 bits per heavy atom. The van der Waals surface area contributed by atoms with Crippen LogP contribution in [0.4, 0.5) is 14.5 Å². The van der Waals surface area contributed by atoms with Gasteiger partial charge in [0.15, 0.2) is 5.96 Å². The lowest BCUT2D eigenvalue weighted by Crippen LogP contribution is -2.23. The molecule has 5 nitrogen and oxygen atoms in total. The molecule has 3 N–H and O–H groups in total. The van der Waals surface area contributed by atoms with Crippen molar-refractivity contribution in [3.63, 3.8) is 0 Å². The van der Waals surface area contributed by atoms with Gasteiger partial charge in [-0.15, -0.1) is 0 Å². The van der Waals surface area contributed by atoms with E-state index < -0.39 is 6.61 Å². The minimum Gasteiger partial charge on any atom is -0.434 e. The predicted molar refractivity (Wildman–Crippen MR) is 96.9 cm³/mol. The molecule has 0 saturated carbocycles. The topological polar surface area (TPSA) is 68.9 Å². The maximum atomic E-state index is 12.5. The summed E-state index contributed by atoms with van der Waals surface area (Å²) in [5.74, 6) is 0.223. The van der Waals surface area contributed by atoms with Crippen molar-refractivity contribution in [2.45, 2.75) is 19.8 Å². The Bertz CT molecular complexity index is 742. The third-order valence-corrected chi connectivity index (χ3v) is 3.73. The van der Waals surface area contributed by atoms with Crippen LogP contribution in [0.1, 0.15) is 11.1 Å². The molecule has 134 valence electrons. The second-order valence-electron chi connectivity index (χ2n) is 5.05. The summed E-state index contributed by atoms with van der Waals surface area (Å²) in [6.07, 6.45) is 0. The van der Waals surface area contributed by atoms with Crippen LogP contribution in [0.3, 0.4) is 0 Å². The molecular weight excluding hydrogens is 396 g/mol. The standard InChI is InChI=1S/C17H18BrF2N3O2/c1-24-10-11-4-2-3-5-14(11)23-17(21)22-9-12-8-13(18)6-7-15(12)25-16(19)20/h2-8,16H,9-10H2,1H3,(H3,21,22,23). The number of hydrogen-bond donors (Lipinski definition) is 2. The van der Waals surface area contributed by atoms with Gasteiger partial charge in [0.1, 0.15) is 5.75 Å². The first-order valence-electron chi connectivity index (χ1n) is 7.36. The zero-order valence-electron chi connectivity index (χ0n) is 13.5. The number of methoxy groups -OCH3 is 1. The first-order chi connectivity index (χ1) is 12.0. The molecule has 0 amide bonds. The van der Waals surface area contributed by atoms with E-state index in [-0.39, 0.29) is 18.3 Å². The molecule has 8 heteroatoms. The van der Waals surface area contributed by atoms with Crippen molar-refractivity contribution in [1.82, 2.24) is 0 Å². The lowest BCUT2D eigenvalue weighted by molar-refractivity contribution is -0.0504. The molecule has 0 heterocycles. The Morgan fingerprint density at radius 1 is 1.24 bits per heavy atom. The molecular formula is C17H18BrF2N3O2. The number of nitrogens with two attached hydrogens (primary N) is 1. The number of para-hydroxylation sites is 1. The van der Waals surface area contributed by atoms with Crippen LogP contribution in [0.5, 0.6) is 5.75 Å². The highest BCUT2D eigenvalue weighted by Crippen LogP contribution is 2.25. The quantitative estimate of drug-likeness (QED) is 0.528. The van der Waals surface area contributed by atoms with Gasteiger partial charge in [-0.2, -0.15) is 8.78 Å². The van der Waals surface area contributed by atoms with Crippen LogP contribution in [0.25, 0.3) is 0 Å². The van der Waals surface area contributed by atoms with Crippen molar-refractivity contribution in [3.8, 4) is 5.75 Å². The van der Waals surface area contributed by atoms with Gasteiger partial charge in [-0.05, 0) is 24.3 Å². The van der Waals surface area contributed by atoms with Gasteiger partial charge >= 0.3 is 6.61 Å². The predicted octanol–water partition coefficient (Wildman–Crippen LogP) is 4.12. The summed E-state index contributed by atoms with van der Waals surface area (Å²) in [7, 11) is 1.60. The van der Waals surface area contributed by atoms with E-state index in [1.165, 1.54) is 6.07 Å². The van der Waals surface area contributed by atoms with Gasteiger partial charge < -0.3 is 20.5 Å². The number of aliphatic imine (C=N–C) groups is 1. The Labute approximate surface area is 153 Å². The number of guanidine groups is 1. The Kier molecular flexibility index (Phi) is 7.15. The first-order valence-corrected chi connectivity index (χ1v) is 8.16.